The summed E-state index contributed by atoms with van der Waals surface area (Å²) in [6, 6.07) is 26.6. The summed E-state index contributed by atoms with van der Waals surface area (Å²) in [5.41, 5.74) is 1.81. The predicted octanol–water partition coefficient (Wildman–Crippen LogP) is 4.52. The van der Waals surface area contributed by atoms with Crippen molar-refractivity contribution in [2.45, 2.75) is 0 Å². The molecule has 3 aromatic carbocycles. The molecule has 3 amide bonds. The zero-order valence-electron chi connectivity index (χ0n) is 12.9. The summed E-state index contributed by atoms with van der Waals surface area (Å²) in [4.78, 5) is 27.0. The molecule has 1 radical (unpaired) electrons. The predicted molar refractivity (Wildman–Crippen MR) is 95.0 cm³/mol. The molecule has 0 aliphatic heterocycles. The Labute approximate surface area is 140 Å². The second kappa shape index (κ2) is 7.24. The molecule has 0 bridgehead atoms. The average molecular weight is 315 g/mol. The minimum atomic E-state index is -0.492. The molecule has 0 unspecified atom stereocenters. The van der Waals surface area contributed by atoms with Gasteiger partial charge in [-0.3, -0.25) is 9.69 Å². The number of rotatable bonds is 4. The quantitative estimate of drug-likeness (QED) is 0.664. The second-order valence-corrected chi connectivity index (χ2v) is 5.05. The van der Waals surface area contributed by atoms with Gasteiger partial charge >= 0.3 is 12.4 Å². The third-order valence-corrected chi connectivity index (χ3v) is 3.52. The lowest BCUT2D eigenvalue weighted by atomic mass is 10.2. The standard InChI is InChI=1S/C20H15N2O2/c23-16-21(17-10-4-1-5-11-17)20(24)22(18-12-6-2-7-13-18)19-14-8-3-9-15-19/h1-15H. The number of hydrogen-bond donors (Lipinski definition) is 0. The highest BCUT2D eigenvalue weighted by atomic mass is 16.2. The molecule has 0 saturated heterocycles. The highest BCUT2D eigenvalue weighted by Gasteiger charge is 2.25. The number of para-hydroxylation sites is 3. The first-order valence-corrected chi connectivity index (χ1v) is 7.48. The van der Waals surface area contributed by atoms with Crippen LogP contribution in [-0.4, -0.2) is 12.4 Å². The lowest BCUT2D eigenvalue weighted by Crippen LogP contribution is -2.40. The van der Waals surface area contributed by atoms with Gasteiger partial charge in [-0.1, -0.05) is 54.6 Å². The fraction of sp³-hybridized carbons (Fsp3) is 0. The Morgan fingerprint density at radius 1 is 0.625 bits per heavy atom. The molecule has 117 valence electrons. The van der Waals surface area contributed by atoms with E-state index in [0.29, 0.717) is 17.1 Å². The van der Waals surface area contributed by atoms with E-state index in [2.05, 4.69) is 0 Å². The Balaban J connectivity index is 2.05. The van der Waals surface area contributed by atoms with Crippen molar-refractivity contribution in [1.82, 2.24) is 0 Å². The normalized spacial score (nSPS) is 10.0. The molecule has 0 heterocycles. The fourth-order valence-corrected chi connectivity index (χ4v) is 2.40. The first-order chi connectivity index (χ1) is 11.8. The minimum absolute atomic E-state index is 0.467. The number of nitrogens with zero attached hydrogens (tertiary/aromatic N) is 2. The van der Waals surface area contributed by atoms with Gasteiger partial charge in [-0.15, -0.1) is 0 Å². The van der Waals surface area contributed by atoms with E-state index in [-0.39, 0.29) is 0 Å². The molecule has 0 atom stereocenters. The van der Waals surface area contributed by atoms with Gasteiger partial charge in [0, 0.05) is 0 Å². The SMILES string of the molecule is O=[C]N(C(=O)N(c1ccccc1)c1ccccc1)c1ccccc1. The monoisotopic (exact) mass is 315 g/mol. The van der Waals surface area contributed by atoms with E-state index in [1.165, 1.54) is 4.90 Å². The topological polar surface area (TPSA) is 40.6 Å². The van der Waals surface area contributed by atoms with Crippen LogP contribution in [0.25, 0.3) is 0 Å². The van der Waals surface area contributed by atoms with Crippen molar-refractivity contribution in [3.8, 4) is 0 Å². The van der Waals surface area contributed by atoms with Gasteiger partial charge in [-0.25, -0.2) is 9.69 Å². The Bertz CT molecular complexity index is 765. The van der Waals surface area contributed by atoms with Crippen LogP contribution in [0.1, 0.15) is 0 Å². The van der Waals surface area contributed by atoms with E-state index in [1.54, 1.807) is 30.7 Å². The lowest BCUT2D eigenvalue weighted by Gasteiger charge is -2.27. The van der Waals surface area contributed by atoms with Crippen molar-refractivity contribution < 1.29 is 9.59 Å². The van der Waals surface area contributed by atoms with Gasteiger partial charge in [0.2, 0.25) is 0 Å². The summed E-state index contributed by atoms with van der Waals surface area (Å²) < 4.78 is 0. The first-order valence-electron chi connectivity index (χ1n) is 7.48. The van der Waals surface area contributed by atoms with Gasteiger partial charge in [-0.05, 0) is 36.4 Å². The molecule has 3 rings (SSSR count). The molecule has 0 aromatic heterocycles. The summed E-state index contributed by atoms with van der Waals surface area (Å²) in [7, 11) is 0. The van der Waals surface area contributed by atoms with Crippen molar-refractivity contribution in [3.63, 3.8) is 0 Å². The zero-order chi connectivity index (χ0) is 16.8. The fourth-order valence-electron chi connectivity index (χ4n) is 2.40. The van der Waals surface area contributed by atoms with Gasteiger partial charge in [0.1, 0.15) is 0 Å². The van der Waals surface area contributed by atoms with E-state index < -0.39 is 6.03 Å². The maximum atomic E-state index is 13.1. The van der Waals surface area contributed by atoms with Crippen LogP contribution in [0.15, 0.2) is 91.0 Å². The average Bonchev–Trinajstić information content (AvgIpc) is 2.65. The first kappa shape index (κ1) is 15.5. The van der Waals surface area contributed by atoms with Crippen LogP contribution in [0.2, 0.25) is 0 Å². The molecule has 3 aromatic rings. The molecule has 0 aliphatic rings. The molecule has 0 aliphatic carbocycles. The van der Waals surface area contributed by atoms with Crippen LogP contribution in [0, 0.1) is 0 Å². The maximum Gasteiger partial charge on any atom is 0.340 e. The van der Waals surface area contributed by atoms with Gasteiger partial charge in [0.25, 0.3) is 0 Å². The Hall–Kier alpha value is -3.40. The molecule has 0 fully saturated rings. The van der Waals surface area contributed by atoms with Crippen molar-refractivity contribution in [3.05, 3.63) is 91.0 Å². The zero-order valence-corrected chi connectivity index (χ0v) is 12.9. The highest BCUT2D eigenvalue weighted by Crippen LogP contribution is 2.27. The van der Waals surface area contributed by atoms with Crippen molar-refractivity contribution in [2.75, 3.05) is 9.80 Å². The van der Waals surface area contributed by atoms with Gasteiger partial charge in [0.15, 0.2) is 0 Å². The Morgan fingerprint density at radius 3 is 1.38 bits per heavy atom. The van der Waals surface area contributed by atoms with Crippen molar-refractivity contribution in [2.24, 2.45) is 0 Å². The number of benzene rings is 3. The maximum absolute atomic E-state index is 13.1. The second-order valence-electron chi connectivity index (χ2n) is 5.05. The summed E-state index contributed by atoms with van der Waals surface area (Å²) in [5, 5.41) is 0. The Kier molecular flexibility index (Phi) is 4.68. The largest absolute Gasteiger partial charge is 0.340 e. The molecule has 4 heteroatoms. The molecule has 4 nitrogen and oxygen atoms in total. The van der Waals surface area contributed by atoms with Gasteiger partial charge < -0.3 is 0 Å². The summed E-state index contributed by atoms with van der Waals surface area (Å²) in [6.45, 7) is 0. The van der Waals surface area contributed by atoms with Gasteiger partial charge in [-0.2, -0.15) is 0 Å². The lowest BCUT2D eigenvalue weighted by molar-refractivity contribution is 0.256. The summed E-state index contributed by atoms with van der Waals surface area (Å²) >= 11 is 0. The van der Waals surface area contributed by atoms with Crippen LogP contribution in [0.3, 0.4) is 0 Å². The number of carbonyl (C=O) groups is 1. The molecule has 0 spiro atoms. The Morgan fingerprint density at radius 2 is 1.00 bits per heavy atom. The van der Waals surface area contributed by atoms with Crippen LogP contribution < -0.4 is 9.80 Å². The van der Waals surface area contributed by atoms with E-state index in [9.17, 15) is 9.59 Å². The third-order valence-electron chi connectivity index (χ3n) is 3.52. The molecule has 0 N–H and O–H groups in total. The molecule has 24 heavy (non-hydrogen) atoms. The number of urea groups is 1. The van der Waals surface area contributed by atoms with E-state index in [4.69, 9.17) is 0 Å². The van der Waals surface area contributed by atoms with E-state index in [1.807, 2.05) is 66.7 Å². The smallest absolute Gasteiger partial charge is 0.262 e. The third kappa shape index (κ3) is 3.17. The minimum Gasteiger partial charge on any atom is -0.262 e. The molecular formula is C20H15N2O2. The van der Waals surface area contributed by atoms with Crippen LogP contribution in [0.5, 0.6) is 0 Å². The summed E-state index contributed by atoms with van der Waals surface area (Å²) in [5.74, 6) is 0. The van der Waals surface area contributed by atoms with E-state index >= 15 is 0 Å². The van der Waals surface area contributed by atoms with Gasteiger partial charge in [0.05, 0.1) is 17.1 Å². The van der Waals surface area contributed by atoms with E-state index in [0.717, 1.165) is 4.90 Å². The highest BCUT2D eigenvalue weighted by molar-refractivity contribution is 6.16. The van der Waals surface area contributed by atoms with Crippen LogP contribution in [0.4, 0.5) is 21.9 Å². The number of hydrogen-bond acceptors (Lipinski definition) is 2. The summed E-state index contributed by atoms with van der Waals surface area (Å²) in [6.07, 6.45) is 1.73. The number of carbonyl (C=O) groups excluding carboxylic acids is 2. The molecule has 0 saturated carbocycles. The number of anilines is 3. The molecular weight excluding hydrogens is 300 g/mol. The van der Waals surface area contributed by atoms with Crippen molar-refractivity contribution in [1.29, 1.82) is 0 Å². The van der Waals surface area contributed by atoms with Crippen LogP contribution >= 0.6 is 0 Å². The van der Waals surface area contributed by atoms with Crippen LogP contribution in [-0.2, 0) is 4.79 Å². The number of imide groups is 1. The number of amides is 3. The van der Waals surface area contributed by atoms with Crippen molar-refractivity contribution >= 4 is 29.5 Å².